The molecule has 0 bridgehead atoms. The molecule has 25 heavy (non-hydrogen) atoms. The summed E-state index contributed by atoms with van der Waals surface area (Å²) in [6.07, 6.45) is 5.21. The van der Waals surface area contributed by atoms with Crippen molar-refractivity contribution in [1.29, 1.82) is 0 Å². The minimum atomic E-state index is -0.200. The summed E-state index contributed by atoms with van der Waals surface area (Å²) in [5.74, 6) is 1.48. The molecule has 1 aliphatic heterocycles. The van der Waals surface area contributed by atoms with Gasteiger partial charge in [0.2, 0.25) is 11.9 Å². The molecule has 1 amide bonds. The van der Waals surface area contributed by atoms with Crippen molar-refractivity contribution in [3.05, 3.63) is 30.7 Å². The molecule has 1 atom stereocenters. The molecule has 0 unspecified atom stereocenters. The van der Waals surface area contributed by atoms with Crippen LogP contribution in [0.5, 0.6) is 0 Å². The first-order chi connectivity index (χ1) is 12.1. The SMILES string of the molecule is CC(C)n1nccc1NC(=O)[C@@H](C)N1CCN(c2ncccn2)CC1. The van der Waals surface area contributed by atoms with Gasteiger partial charge < -0.3 is 10.2 Å². The molecule has 3 heterocycles. The topological polar surface area (TPSA) is 79.2 Å². The number of carbonyl (C=O) groups excluding carboxylic acids is 1. The van der Waals surface area contributed by atoms with E-state index in [-0.39, 0.29) is 18.0 Å². The number of carbonyl (C=O) groups is 1. The smallest absolute Gasteiger partial charge is 0.242 e. The molecule has 3 rings (SSSR count). The van der Waals surface area contributed by atoms with Crippen LogP contribution in [0.4, 0.5) is 11.8 Å². The number of rotatable bonds is 5. The Balaban J connectivity index is 1.56. The van der Waals surface area contributed by atoms with Crippen LogP contribution in [-0.4, -0.2) is 62.8 Å². The van der Waals surface area contributed by atoms with Gasteiger partial charge in [-0.25, -0.2) is 14.6 Å². The van der Waals surface area contributed by atoms with E-state index < -0.39 is 0 Å². The van der Waals surface area contributed by atoms with E-state index in [4.69, 9.17) is 0 Å². The number of amides is 1. The Hall–Kier alpha value is -2.48. The molecule has 0 radical (unpaired) electrons. The highest BCUT2D eigenvalue weighted by Gasteiger charge is 2.27. The fourth-order valence-electron chi connectivity index (χ4n) is 2.99. The molecular weight excluding hydrogens is 318 g/mol. The predicted molar refractivity (Wildman–Crippen MR) is 96.5 cm³/mol. The van der Waals surface area contributed by atoms with Gasteiger partial charge in [0.1, 0.15) is 5.82 Å². The minimum absolute atomic E-state index is 0.00758. The van der Waals surface area contributed by atoms with Gasteiger partial charge in [-0.05, 0) is 26.8 Å². The van der Waals surface area contributed by atoms with E-state index in [1.54, 1.807) is 18.6 Å². The van der Waals surface area contributed by atoms with E-state index in [0.717, 1.165) is 37.9 Å². The minimum Gasteiger partial charge on any atom is -0.338 e. The van der Waals surface area contributed by atoms with Gasteiger partial charge in [0.25, 0.3) is 0 Å². The third kappa shape index (κ3) is 3.96. The second-order valence-corrected chi connectivity index (χ2v) is 6.49. The zero-order valence-corrected chi connectivity index (χ0v) is 15.0. The Labute approximate surface area is 147 Å². The molecule has 1 fully saturated rings. The van der Waals surface area contributed by atoms with Crippen LogP contribution in [-0.2, 0) is 4.79 Å². The van der Waals surface area contributed by atoms with Crippen LogP contribution < -0.4 is 10.2 Å². The first-order valence-corrected chi connectivity index (χ1v) is 8.66. The van der Waals surface area contributed by atoms with Gasteiger partial charge in [0.05, 0.1) is 12.2 Å². The van der Waals surface area contributed by atoms with Crippen LogP contribution in [0.1, 0.15) is 26.8 Å². The molecule has 0 spiro atoms. The van der Waals surface area contributed by atoms with Gasteiger partial charge in [0, 0.05) is 50.7 Å². The number of nitrogens with zero attached hydrogens (tertiary/aromatic N) is 6. The first-order valence-electron chi connectivity index (χ1n) is 8.66. The van der Waals surface area contributed by atoms with E-state index in [1.165, 1.54) is 0 Å². The zero-order valence-electron chi connectivity index (χ0n) is 15.0. The number of hydrogen-bond donors (Lipinski definition) is 1. The molecular formula is C17H25N7O. The van der Waals surface area contributed by atoms with Crippen molar-refractivity contribution in [3.8, 4) is 0 Å². The molecule has 134 valence electrons. The Bertz CT molecular complexity index is 692. The summed E-state index contributed by atoms with van der Waals surface area (Å²) < 4.78 is 1.81. The highest BCUT2D eigenvalue weighted by molar-refractivity contribution is 5.93. The van der Waals surface area contributed by atoms with Gasteiger partial charge in [-0.2, -0.15) is 5.10 Å². The fraction of sp³-hybridized carbons (Fsp3) is 0.529. The largest absolute Gasteiger partial charge is 0.338 e. The lowest BCUT2D eigenvalue weighted by atomic mass is 10.2. The molecule has 1 saturated heterocycles. The van der Waals surface area contributed by atoms with E-state index in [9.17, 15) is 4.79 Å². The van der Waals surface area contributed by atoms with Crippen molar-refractivity contribution < 1.29 is 4.79 Å². The number of nitrogens with one attached hydrogen (secondary N) is 1. The molecule has 0 saturated carbocycles. The maximum Gasteiger partial charge on any atom is 0.242 e. The van der Waals surface area contributed by atoms with Crippen LogP contribution in [0, 0.1) is 0 Å². The lowest BCUT2D eigenvalue weighted by Crippen LogP contribution is -2.53. The van der Waals surface area contributed by atoms with Gasteiger partial charge in [-0.3, -0.25) is 9.69 Å². The van der Waals surface area contributed by atoms with Crippen molar-refractivity contribution in [3.63, 3.8) is 0 Å². The van der Waals surface area contributed by atoms with Gasteiger partial charge >= 0.3 is 0 Å². The molecule has 8 heteroatoms. The van der Waals surface area contributed by atoms with Crippen molar-refractivity contribution in [2.75, 3.05) is 36.4 Å². The van der Waals surface area contributed by atoms with Crippen molar-refractivity contribution in [2.45, 2.75) is 32.9 Å². The summed E-state index contributed by atoms with van der Waals surface area (Å²) in [5, 5.41) is 7.25. The number of aromatic nitrogens is 4. The summed E-state index contributed by atoms with van der Waals surface area (Å²) in [5.41, 5.74) is 0. The van der Waals surface area contributed by atoms with E-state index in [1.807, 2.05) is 37.6 Å². The van der Waals surface area contributed by atoms with Crippen molar-refractivity contribution in [2.24, 2.45) is 0 Å². The Kier molecular flexibility index (Phi) is 5.28. The van der Waals surface area contributed by atoms with Gasteiger partial charge in [-0.1, -0.05) is 0 Å². The van der Waals surface area contributed by atoms with Gasteiger partial charge in [-0.15, -0.1) is 0 Å². The molecule has 1 aliphatic rings. The summed E-state index contributed by atoms with van der Waals surface area (Å²) in [4.78, 5) is 25.5. The molecule has 0 aliphatic carbocycles. The number of hydrogen-bond acceptors (Lipinski definition) is 6. The third-order valence-corrected chi connectivity index (χ3v) is 4.49. The molecule has 8 nitrogen and oxygen atoms in total. The van der Waals surface area contributed by atoms with Crippen LogP contribution >= 0.6 is 0 Å². The average Bonchev–Trinajstić information content (AvgIpc) is 3.10. The van der Waals surface area contributed by atoms with Crippen molar-refractivity contribution >= 4 is 17.7 Å². The maximum atomic E-state index is 12.6. The standard InChI is InChI=1S/C17H25N7O/c1-13(2)24-15(5-8-20-24)21-16(25)14(3)22-9-11-23(12-10-22)17-18-6-4-7-19-17/h4-8,13-14H,9-12H2,1-3H3,(H,21,25)/t14-/m1/s1. The second-order valence-electron chi connectivity index (χ2n) is 6.49. The number of piperazine rings is 1. The quantitative estimate of drug-likeness (QED) is 0.884. The zero-order chi connectivity index (χ0) is 17.8. The Morgan fingerprint density at radius 2 is 1.76 bits per heavy atom. The van der Waals surface area contributed by atoms with Crippen LogP contribution in [0.2, 0.25) is 0 Å². The van der Waals surface area contributed by atoms with E-state index in [0.29, 0.717) is 0 Å². The normalized spacial score (nSPS) is 16.9. The average molecular weight is 343 g/mol. The number of anilines is 2. The van der Waals surface area contributed by atoms with Crippen LogP contribution in [0.15, 0.2) is 30.7 Å². The summed E-state index contributed by atoms with van der Waals surface area (Å²) in [6.45, 7) is 9.25. The molecule has 2 aromatic heterocycles. The first kappa shape index (κ1) is 17.3. The highest BCUT2D eigenvalue weighted by Crippen LogP contribution is 2.16. The molecule has 1 N–H and O–H groups in total. The molecule has 0 aromatic carbocycles. The Morgan fingerprint density at radius 3 is 2.40 bits per heavy atom. The van der Waals surface area contributed by atoms with E-state index in [2.05, 4.69) is 30.2 Å². The van der Waals surface area contributed by atoms with Crippen molar-refractivity contribution in [1.82, 2.24) is 24.6 Å². The fourth-order valence-corrected chi connectivity index (χ4v) is 2.99. The lowest BCUT2D eigenvalue weighted by molar-refractivity contribution is -0.120. The summed E-state index contributed by atoms with van der Waals surface area (Å²) >= 11 is 0. The third-order valence-electron chi connectivity index (χ3n) is 4.49. The maximum absolute atomic E-state index is 12.6. The van der Waals surface area contributed by atoms with Gasteiger partial charge in [0.15, 0.2) is 0 Å². The Morgan fingerprint density at radius 1 is 1.08 bits per heavy atom. The van der Waals surface area contributed by atoms with E-state index >= 15 is 0 Å². The second kappa shape index (κ2) is 7.60. The lowest BCUT2D eigenvalue weighted by Gasteiger charge is -2.37. The van der Waals surface area contributed by atoms with Crippen LogP contribution in [0.3, 0.4) is 0 Å². The highest BCUT2D eigenvalue weighted by atomic mass is 16.2. The summed E-state index contributed by atoms with van der Waals surface area (Å²) in [7, 11) is 0. The van der Waals surface area contributed by atoms with Crippen LogP contribution in [0.25, 0.3) is 0 Å². The summed E-state index contributed by atoms with van der Waals surface area (Å²) in [6, 6.07) is 3.65. The predicted octanol–water partition coefficient (Wildman–Crippen LogP) is 1.40. The monoisotopic (exact) mass is 343 g/mol. The molecule has 2 aromatic rings.